The Morgan fingerprint density at radius 3 is 2.76 bits per heavy atom. The van der Waals surface area contributed by atoms with E-state index in [2.05, 4.69) is 24.1 Å². The second kappa shape index (κ2) is 9.12. The fourth-order valence-corrected chi connectivity index (χ4v) is 1.55. The van der Waals surface area contributed by atoms with Crippen molar-refractivity contribution in [2.75, 3.05) is 31.7 Å². The molecule has 7 heteroatoms. The zero-order valence-electron chi connectivity index (χ0n) is 12.8. The molecule has 0 saturated heterocycles. The molecule has 0 spiro atoms. The average molecular weight is 297 g/mol. The minimum absolute atomic E-state index is 0.0225. The number of aromatic nitrogens is 1. The molecule has 0 aliphatic carbocycles. The molecule has 118 valence electrons. The molecule has 0 unspecified atom stereocenters. The van der Waals surface area contributed by atoms with Gasteiger partial charge in [-0.05, 0) is 18.4 Å². The van der Waals surface area contributed by atoms with E-state index in [0.29, 0.717) is 24.9 Å². The van der Waals surface area contributed by atoms with Gasteiger partial charge in [0.05, 0.1) is 11.5 Å². The highest BCUT2D eigenvalue weighted by molar-refractivity contribution is 5.49. The van der Waals surface area contributed by atoms with Gasteiger partial charge in [-0.1, -0.05) is 20.8 Å². The largest absolute Gasteiger partial charge is 0.470 e. The summed E-state index contributed by atoms with van der Waals surface area (Å²) >= 11 is 0. The van der Waals surface area contributed by atoms with Crippen LogP contribution in [0.25, 0.3) is 0 Å². The Hall–Kier alpha value is -1.89. The predicted molar refractivity (Wildman–Crippen MR) is 80.8 cm³/mol. The molecule has 0 amide bonds. The molecule has 1 heterocycles. The normalized spacial score (nSPS) is 10.7. The number of pyridine rings is 1. The van der Waals surface area contributed by atoms with Crippen LogP contribution >= 0.6 is 0 Å². The first-order chi connectivity index (χ1) is 10.0. The van der Waals surface area contributed by atoms with Gasteiger partial charge in [-0.2, -0.15) is 4.98 Å². The number of anilines is 1. The number of hydrogen-bond acceptors (Lipinski definition) is 6. The number of nitro groups is 1. The Morgan fingerprint density at radius 1 is 1.38 bits per heavy atom. The number of hydrogen-bond donors (Lipinski definition) is 1. The van der Waals surface area contributed by atoms with E-state index in [0.717, 1.165) is 13.0 Å². The lowest BCUT2D eigenvalue weighted by molar-refractivity contribution is -0.386. The van der Waals surface area contributed by atoms with E-state index in [1.807, 2.05) is 6.92 Å². The van der Waals surface area contributed by atoms with Gasteiger partial charge in [-0.25, -0.2) is 0 Å². The molecule has 21 heavy (non-hydrogen) atoms. The van der Waals surface area contributed by atoms with E-state index >= 15 is 0 Å². The lowest BCUT2D eigenvalue weighted by atomic mass is 10.2. The lowest BCUT2D eigenvalue weighted by Gasteiger charge is -2.10. The third-order valence-electron chi connectivity index (χ3n) is 2.51. The fourth-order valence-electron chi connectivity index (χ4n) is 1.55. The molecular formula is C14H23N3O4. The summed E-state index contributed by atoms with van der Waals surface area (Å²) < 4.78 is 10.8. The lowest BCUT2D eigenvalue weighted by Crippen LogP contribution is -2.12. The molecule has 0 aliphatic heterocycles. The summed E-state index contributed by atoms with van der Waals surface area (Å²) in [6, 6.07) is 2.98. The molecule has 1 rings (SSSR count). The van der Waals surface area contributed by atoms with Crippen molar-refractivity contribution >= 4 is 11.5 Å². The van der Waals surface area contributed by atoms with Gasteiger partial charge in [0, 0.05) is 19.2 Å². The number of rotatable bonds is 10. The second-order valence-corrected chi connectivity index (χ2v) is 5.02. The van der Waals surface area contributed by atoms with E-state index in [4.69, 9.17) is 9.47 Å². The SMILES string of the molecule is CCCNc1ccc([N+](=O)[O-])c(OCCOCC(C)C)n1. The number of nitrogens with zero attached hydrogens (tertiary/aromatic N) is 2. The Kier molecular flexibility index (Phi) is 7.45. The minimum atomic E-state index is -0.499. The van der Waals surface area contributed by atoms with Crippen LogP contribution in [-0.4, -0.2) is 36.3 Å². The van der Waals surface area contributed by atoms with Crippen LogP contribution < -0.4 is 10.1 Å². The molecule has 0 saturated carbocycles. The van der Waals surface area contributed by atoms with Gasteiger partial charge >= 0.3 is 5.69 Å². The maximum atomic E-state index is 11.0. The molecule has 0 atom stereocenters. The minimum Gasteiger partial charge on any atom is -0.470 e. The van der Waals surface area contributed by atoms with Crippen molar-refractivity contribution in [2.45, 2.75) is 27.2 Å². The Morgan fingerprint density at radius 2 is 2.14 bits per heavy atom. The quantitative estimate of drug-likeness (QED) is 0.406. The molecule has 0 fully saturated rings. The summed E-state index contributed by atoms with van der Waals surface area (Å²) in [6.45, 7) is 8.13. The molecule has 7 nitrogen and oxygen atoms in total. The Bertz CT molecular complexity index is 452. The highest BCUT2D eigenvalue weighted by Gasteiger charge is 2.17. The van der Waals surface area contributed by atoms with Crippen molar-refractivity contribution in [3.05, 3.63) is 22.2 Å². The molecule has 0 bridgehead atoms. The Balaban J connectivity index is 2.61. The summed E-state index contributed by atoms with van der Waals surface area (Å²) in [5.74, 6) is 1.04. The fraction of sp³-hybridized carbons (Fsp3) is 0.643. The first-order valence-corrected chi connectivity index (χ1v) is 7.14. The van der Waals surface area contributed by atoms with E-state index in [1.165, 1.54) is 6.07 Å². The number of ether oxygens (including phenoxy) is 2. The monoisotopic (exact) mass is 297 g/mol. The highest BCUT2D eigenvalue weighted by atomic mass is 16.6. The predicted octanol–water partition coefficient (Wildman–Crippen LogP) is 2.86. The van der Waals surface area contributed by atoms with Gasteiger partial charge in [0.25, 0.3) is 5.88 Å². The third-order valence-corrected chi connectivity index (χ3v) is 2.51. The van der Waals surface area contributed by atoms with E-state index < -0.39 is 4.92 Å². The van der Waals surface area contributed by atoms with Crippen molar-refractivity contribution < 1.29 is 14.4 Å². The van der Waals surface area contributed by atoms with E-state index in [1.54, 1.807) is 6.07 Å². The third kappa shape index (κ3) is 6.40. The van der Waals surface area contributed by atoms with Crippen LogP contribution in [0.2, 0.25) is 0 Å². The molecule has 1 aromatic heterocycles. The van der Waals surface area contributed by atoms with Gasteiger partial charge in [0.2, 0.25) is 0 Å². The standard InChI is InChI=1S/C14H23N3O4/c1-4-7-15-13-6-5-12(17(18)19)14(16-13)21-9-8-20-10-11(2)3/h5-6,11H,4,7-10H2,1-3H3,(H,15,16). The maximum Gasteiger partial charge on any atom is 0.331 e. The van der Waals surface area contributed by atoms with Crippen molar-refractivity contribution in [3.63, 3.8) is 0 Å². The van der Waals surface area contributed by atoms with E-state index in [9.17, 15) is 10.1 Å². The van der Waals surface area contributed by atoms with E-state index in [-0.39, 0.29) is 18.2 Å². The van der Waals surface area contributed by atoms with Crippen molar-refractivity contribution in [1.82, 2.24) is 4.98 Å². The van der Waals surface area contributed by atoms with Crippen molar-refractivity contribution in [3.8, 4) is 5.88 Å². The van der Waals surface area contributed by atoms with Gasteiger partial charge in [0.15, 0.2) is 0 Å². The zero-order valence-corrected chi connectivity index (χ0v) is 12.8. The molecule has 1 N–H and O–H groups in total. The molecular weight excluding hydrogens is 274 g/mol. The molecule has 0 aromatic carbocycles. The van der Waals surface area contributed by atoms with Crippen LogP contribution in [0.1, 0.15) is 27.2 Å². The van der Waals surface area contributed by atoms with Crippen LogP contribution in [0.3, 0.4) is 0 Å². The van der Waals surface area contributed by atoms with Crippen LogP contribution in [0, 0.1) is 16.0 Å². The van der Waals surface area contributed by atoms with Crippen LogP contribution in [0.5, 0.6) is 5.88 Å². The average Bonchev–Trinajstić information content (AvgIpc) is 2.44. The summed E-state index contributed by atoms with van der Waals surface area (Å²) in [5, 5.41) is 14.0. The number of nitrogens with one attached hydrogen (secondary N) is 1. The van der Waals surface area contributed by atoms with Crippen molar-refractivity contribution in [2.24, 2.45) is 5.92 Å². The highest BCUT2D eigenvalue weighted by Crippen LogP contribution is 2.26. The molecule has 1 aromatic rings. The second-order valence-electron chi connectivity index (χ2n) is 5.02. The molecule has 0 radical (unpaired) electrons. The topological polar surface area (TPSA) is 86.5 Å². The van der Waals surface area contributed by atoms with Gasteiger partial charge in [-0.3, -0.25) is 10.1 Å². The first kappa shape index (κ1) is 17.2. The van der Waals surface area contributed by atoms with Gasteiger partial charge in [-0.15, -0.1) is 0 Å². The first-order valence-electron chi connectivity index (χ1n) is 7.14. The molecule has 0 aliphatic rings. The van der Waals surface area contributed by atoms with Crippen LogP contribution in [-0.2, 0) is 4.74 Å². The van der Waals surface area contributed by atoms with Crippen molar-refractivity contribution in [1.29, 1.82) is 0 Å². The maximum absolute atomic E-state index is 11.0. The van der Waals surface area contributed by atoms with Crippen LogP contribution in [0.15, 0.2) is 12.1 Å². The van der Waals surface area contributed by atoms with Gasteiger partial charge in [0.1, 0.15) is 12.4 Å². The van der Waals surface area contributed by atoms with Gasteiger partial charge < -0.3 is 14.8 Å². The zero-order chi connectivity index (χ0) is 15.7. The summed E-state index contributed by atoms with van der Waals surface area (Å²) in [6.07, 6.45) is 0.942. The summed E-state index contributed by atoms with van der Waals surface area (Å²) in [5.41, 5.74) is -0.138. The Labute approximate surface area is 124 Å². The summed E-state index contributed by atoms with van der Waals surface area (Å²) in [4.78, 5) is 14.6. The van der Waals surface area contributed by atoms with Crippen LogP contribution in [0.4, 0.5) is 11.5 Å². The smallest absolute Gasteiger partial charge is 0.331 e. The summed E-state index contributed by atoms with van der Waals surface area (Å²) in [7, 11) is 0.